The van der Waals surface area contributed by atoms with Crippen molar-refractivity contribution in [2.45, 2.75) is 12.8 Å². The molecule has 0 fully saturated rings. The van der Waals surface area contributed by atoms with E-state index in [0.29, 0.717) is 5.56 Å². The summed E-state index contributed by atoms with van der Waals surface area (Å²) < 4.78 is 0. The first-order valence-corrected chi connectivity index (χ1v) is 8.11. The van der Waals surface area contributed by atoms with Gasteiger partial charge in [0.25, 0.3) is 0 Å². The first kappa shape index (κ1) is 16.7. The van der Waals surface area contributed by atoms with Gasteiger partial charge in [0.15, 0.2) is 11.6 Å². The predicted octanol–water partition coefficient (Wildman–Crippen LogP) is 4.24. The molecule has 0 unspecified atom stereocenters. The zero-order chi connectivity index (χ0) is 17.6. The molecule has 0 aromatic heterocycles. The minimum Gasteiger partial charge on any atom is -0.508 e. The Morgan fingerprint density at radius 3 is 1.64 bits per heavy atom. The fourth-order valence-electron chi connectivity index (χ4n) is 2.76. The molecular formula is C22H18O3. The zero-order valence-corrected chi connectivity index (χ0v) is 13.7. The monoisotopic (exact) mass is 330 g/mol. The Kier molecular flexibility index (Phi) is 5.05. The number of Topliss-reactive ketones (excluding diaryl/α,β-unsaturated/α-hetero) is 2. The summed E-state index contributed by atoms with van der Waals surface area (Å²) in [7, 11) is 0. The van der Waals surface area contributed by atoms with Crippen molar-refractivity contribution in [2.75, 3.05) is 0 Å². The highest BCUT2D eigenvalue weighted by molar-refractivity contribution is 6.10. The first-order valence-electron chi connectivity index (χ1n) is 8.11. The molecule has 0 aliphatic carbocycles. The number of ketones is 2. The van der Waals surface area contributed by atoms with Gasteiger partial charge in [0, 0.05) is 24.0 Å². The molecular weight excluding hydrogens is 312 g/mol. The molecule has 0 spiro atoms. The average molecular weight is 330 g/mol. The molecule has 0 radical (unpaired) electrons. The van der Waals surface area contributed by atoms with E-state index in [2.05, 4.69) is 0 Å². The smallest absolute Gasteiger partial charge is 0.168 e. The standard InChI is InChI=1S/C22H18O3/c23-18-11-12-19(21(24)13-16-7-3-1-4-8-16)20(15-18)22(25)14-17-9-5-2-6-10-17/h1-12,15,23H,13-14H2. The van der Waals surface area contributed by atoms with Crippen molar-refractivity contribution in [1.82, 2.24) is 0 Å². The number of phenols is 1. The molecule has 25 heavy (non-hydrogen) atoms. The third kappa shape index (κ3) is 4.21. The molecule has 0 aliphatic rings. The van der Waals surface area contributed by atoms with Gasteiger partial charge in [0.2, 0.25) is 0 Å². The van der Waals surface area contributed by atoms with Crippen molar-refractivity contribution in [2.24, 2.45) is 0 Å². The van der Waals surface area contributed by atoms with Crippen LogP contribution in [0.25, 0.3) is 0 Å². The van der Waals surface area contributed by atoms with Crippen LogP contribution < -0.4 is 0 Å². The molecule has 3 aromatic carbocycles. The van der Waals surface area contributed by atoms with E-state index in [9.17, 15) is 14.7 Å². The summed E-state index contributed by atoms with van der Waals surface area (Å²) in [5.41, 5.74) is 2.38. The summed E-state index contributed by atoms with van der Waals surface area (Å²) in [5.74, 6) is -0.339. The van der Waals surface area contributed by atoms with Gasteiger partial charge in [-0.3, -0.25) is 9.59 Å². The minimum atomic E-state index is -0.182. The van der Waals surface area contributed by atoms with Crippen LogP contribution in [0.15, 0.2) is 78.9 Å². The Morgan fingerprint density at radius 2 is 1.12 bits per heavy atom. The van der Waals surface area contributed by atoms with Gasteiger partial charge in [-0.1, -0.05) is 60.7 Å². The lowest BCUT2D eigenvalue weighted by atomic mass is 9.93. The van der Waals surface area contributed by atoms with E-state index in [1.54, 1.807) is 0 Å². The quantitative estimate of drug-likeness (QED) is 0.688. The van der Waals surface area contributed by atoms with Crippen LogP contribution in [0.1, 0.15) is 31.8 Å². The van der Waals surface area contributed by atoms with Crippen LogP contribution in [0.5, 0.6) is 5.75 Å². The van der Waals surface area contributed by atoms with Crippen LogP contribution in [0.2, 0.25) is 0 Å². The molecule has 1 N–H and O–H groups in total. The van der Waals surface area contributed by atoms with E-state index < -0.39 is 0 Å². The number of carbonyl (C=O) groups is 2. The summed E-state index contributed by atoms with van der Waals surface area (Å²) in [6.07, 6.45) is 0.410. The van der Waals surface area contributed by atoms with Crippen molar-refractivity contribution < 1.29 is 14.7 Å². The van der Waals surface area contributed by atoms with Crippen molar-refractivity contribution in [3.8, 4) is 5.75 Å². The lowest BCUT2D eigenvalue weighted by molar-refractivity contribution is 0.0959. The number of phenolic OH excluding ortho intramolecular Hbond substituents is 1. The second-order valence-electron chi connectivity index (χ2n) is 5.90. The molecule has 0 atom stereocenters. The van der Waals surface area contributed by atoms with Crippen molar-refractivity contribution in [1.29, 1.82) is 0 Å². The van der Waals surface area contributed by atoms with Crippen LogP contribution in [0.3, 0.4) is 0 Å². The van der Waals surface area contributed by atoms with Crippen molar-refractivity contribution in [3.05, 3.63) is 101 Å². The van der Waals surface area contributed by atoms with Gasteiger partial charge in [0.05, 0.1) is 0 Å². The van der Waals surface area contributed by atoms with E-state index in [0.717, 1.165) is 11.1 Å². The van der Waals surface area contributed by atoms with E-state index in [-0.39, 0.29) is 35.7 Å². The van der Waals surface area contributed by atoms with Crippen LogP contribution >= 0.6 is 0 Å². The molecule has 3 aromatic rings. The summed E-state index contributed by atoms with van der Waals surface area (Å²) in [6.45, 7) is 0. The molecule has 0 aliphatic heterocycles. The Bertz CT molecular complexity index is 884. The molecule has 0 saturated heterocycles. The van der Waals surface area contributed by atoms with Gasteiger partial charge in [-0.2, -0.15) is 0 Å². The first-order chi connectivity index (χ1) is 12.1. The van der Waals surface area contributed by atoms with Crippen LogP contribution in [0, 0.1) is 0 Å². The fraction of sp³-hybridized carbons (Fsp3) is 0.0909. The highest BCUT2D eigenvalue weighted by Crippen LogP contribution is 2.21. The number of aromatic hydroxyl groups is 1. The number of rotatable bonds is 6. The Morgan fingerprint density at radius 1 is 0.640 bits per heavy atom. The van der Waals surface area contributed by atoms with E-state index >= 15 is 0 Å². The van der Waals surface area contributed by atoms with Gasteiger partial charge >= 0.3 is 0 Å². The third-order valence-corrected chi connectivity index (χ3v) is 4.02. The Labute approximate surface area is 146 Å². The van der Waals surface area contributed by atoms with E-state index in [1.165, 1.54) is 18.2 Å². The minimum absolute atomic E-state index is 0.0207. The summed E-state index contributed by atoms with van der Waals surface area (Å²) >= 11 is 0. The number of benzene rings is 3. The van der Waals surface area contributed by atoms with Gasteiger partial charge < -0.3 is 5.11 Å². The zero-order valence-electron chi connectivity index (χ0n) is 13.7. The van der Waals surface area contributed by atoms with Gasteiger partial charge in [-0.05, 0) is 29.3 Å². The molecule has 124 valence electrons. The maximum atomic E-state index is 12.7. The SMILES string of the molecule is O=C(Cc1ccccc1)c1ccc(O)cc1C(=O)Cc1ccccc1. The summed E-state index contributed by atoms with van der Waals surface area (Å²) in [6, 6.07) is 23.1. The highest BCUT2D eigenvalue weighted by Gasteiger charge is 2.18. The van der Waals surface area contributed by atoms with Crippen LogP contribution in [-0.2, 0) is 12.8 Å². The molecule has 3 nitrogen and oxygen atoms in total. The lowest BCUT2D eigenvalue weighted by Gasteiger charge is -2.09. The van der Waals surface area contributed by atoms with Gasteiger partial charge in [0.1, 0.15) is 5.75 Å². The Balaban J connectivity index is 1.87. The summed E-state index contributed by atoms with van der Waals surface area (Å²) in [4.78, 5) is 25.3. The van der Waals surface area contributed by atoms with Crippen LogP contribution in [-0.4, -0.2) is 16.7 Å². The third-order valence-electron chi connectivity index (χ3n) is 4.02. The molecule has 3 heteroatoms. The molecule has 0 bridgehead atoms. The van der Waals surface area contributed by atoms with E-state index in [4.69, 9.17) is 0 Å². The number of hydrogen-bond acceptors (Lipinski definition) is 3. The maximum absolute atomic E-state index is 12.7. The van der Waals surface area contributed by atoms with Gasteiger partial charge in [-0.15, -0.1) is 0 Å². The normalized spacial score (nSPS) is 10.4. The average Bonchev–Trinajstić information content (AvgIpc) is 2.63. The number of carbonyl (C=O) groups excluding carboxylic acids is 2. The highest BCUT2D eigenvalue weighted by atomic mass is 16.3. The molecule has 0 saturated carbocycles. The topological polar surface area (TPSA) is 54.4 Å². The second kappa shape index (κ2) is 7.58. The van der Waals surface area contributed by atoms with Crippen molar-refractivity contribution in [3.63, 3.8) is 0 Å². The maximum Gasteiger partial charge on any atom is 0.168 e. The number of hydrogen-bond donors (Lipinski definition) is 1. The predicted molar refractivity (Wildman–Crippen MR) is 97.1 cm³/mol. The second-order valence-corrected chi connectivity index (χ2v) is 5.90. The van der Waals surface area contributed by atoms with Crippen LogP contribution in [0.4, 0.5) is 0 Å². The van der Waals surface area contributed by atoms with Gasteiger partial charge in [-0.25, -0.2) is 0 Å². The molecule has 0 heterocycles. The lowest BCUT2D eigenvalue weighted by Crippen LogP contribution is -2.13. The molecule has 0 amide bonds. The largest absolute Gasteiger partial charge is 0.508 e. The van der Waals surface area contributed by atoms with Crippen molar-refractivity contribution >= 4 is 11.6 Å². The Hall–Kier alpha value is -3.20. The summed E-state index contributed by atoms with van der Waals surface area (Å²) in [5, 5.41) is 9.76. The van der Waals surface area contributed by atoms with E-state index in [1.807, 2.05) is 60.7 Å². The fourth-order valence-corrected chi connectivity index (χ4v) is 2.76. The molecule has 3 rings (SSSR count).